The van der Waals surface area contributed by atoms with Crippen LogP contribution in [0.25, 0.3) is 0 Å². The number of ether oxygens (including phenoxy) is 3. The lowest BCUT2D eigenvalue weighted by molar-refractivity contribution is -0.159. The molecule has 0 spiro atoms. The lowest BCUT2D eigenvalue weighted by atomic mass is 10.2. The summed E-state index contributed by atoms with van der Waals surface area (Å²) in [6.45, 7) is 1.72. The number of halogens is 2. The summed E-state index contributed by atoms with van der Waals surface area (Å²) in [5.74, 6) is -1.12. The maximum absolute atomic E-state index is 12.4. The second kappa shape index (κ2) is 9.68. The lowest BCUT2D eigenvalue weighted by Gasteiger charge is -2.18. The number of nitrogens with one attached hydrogen (secondary N) is 1. The minimum atomic E-state index is -3.03. The number of alkyl halides is 2. The van der Waals surface area contributed by atoms with Gasteiger partial charge in [-0.1, -0.05) is 24.3 Å². The van der Waals surface area contributed by atoms with E-state index in [1.165, 1.54) is 32.0 Å². The summed E-state index contributed by atoms with van der Waals surface area (Å²) in [6.07, 6.45) is -2.11. The molecule has 6 nitrogen and oxygen atoms in total. The summed E-state index contributed by atoms with van der Waals surface area (Å²) < 4.78 is 39.8. The number of amides is 1. The van der Waals surface area contributed by atoms with Gasteiger partial charge in [-0.3, -0.25) is 4.79 Å². The third-order valence-electron chi connectivity index (χ3n) is 3.66. The van der Waals surface area contributed by atoms with Crippen LogP contribution >= 0.6 is 0 Å². The molecule has 1 N–H and O–H groups in total. The molecule has 2 aromatic rings. The topological polar surface area (TPSA) is 73.9 Å². The first kappa shape index (κ1) is 21.1. The van der Waals surface area contributed by atoms with E-state index in [9.17, 15) is 18.4 Å². The number of benzene rings is 2. The van der Waals surface area contributed by atoms with Crippen LogP contribution in [0.3, 0.4) is 0 Å². The molecule has 0 saturated heterocycles. The monoisotopic (exact) mass is 393 g/mol. The van der Waals surface area contributed by atoms with Gasteiger partial charge in [0.25, 0.3) is 5.91 Å². The number of anilines is 1. The van der Waals surface area contributed by atoms with Gasteiger partial charge in [0.1, 0.15) is 11.5 Å². The summed E-state index contributed by atoms with van der Waals surface area (Å²) in [5, 5.41) is 2.40. The zero-order chi connectivity index (χ0) is 20.7. The molecular formula is C20H21F2NO5. The number of carbonyl (C=O) groups excluding carboxylic acids is 2. The van der Waals surface area contributed by atoms with Crippen LogP contribution in [-0.4, -0.2) is 30.7 Å². The Labute approximate surface area is 161 Å². The number of esters is 1. The van der Waals surface area contributed by atoms with Gasteiger partial charge in [-0.05, 0) is 50.6 Å². The van der Waals surface area contributed by atoms with Crippen molar-refractivity contribution < 1.29 is 32.6 Å². The summed E-state index contributed by atoms with van der Waals surface area (Å²) in [6, 6.07) is 12.9. The number of rotatable bonds is 8. The highest BCUT2D eigenvalue weighted by Crippen LogP contribution is 2.25. The molecule has 2 rings (SSSR count). The normalized spacial score (nSPS) is 12.8. The third kappa shape index (κ3) is 6.22. The van der Waals surface area contributed by atoms with E-state index < -0.39 is 30.7 Å². The van der Waals surface area contributed by atoms with Gasteiger partial charge < -0.3 is 19.5 Å². The molecular weight excluding hydrogens is 372 g/mol. The van der Waals surface area contributed by atoms with E-state index in [4.69, 9.17) is 9.47 Å². The van der Waals surface area contributed by atoms with Crippen LogP contribution in [0.15, 0.2) is 48.5 Å². The smallest absolute Gasteiger partial charge is 0.387 e. The van der Waals surface area contributed by atoms with Crippen molar-refractivity contribution in [3.05, 3.63) is 54.1 Å². The SMILES string of the molecule is Cc1cccc(O[C@H](C)C(=O)O[C@@H](C)C(=O)Nc2ccccc2OC(F)F)c1. The maximum atomic E-state index is 12.4. The molecule has 2 aromatic carbocycles. The Morgan fingerprint density at radius 3 is 2.36 bits per heavy atom. The van der Waals surface area contributed by atoms with Crippen molar-refractivity contribution in [1.82, 2.24) is 0 Å². The molecule has 150 valence electrons. The van der Waals surface area contributed by atoms with E-state index in [-0.39, 0.29) is 11.4 Å². The van der Waals surface area contributed by atoms with E-state index in [0.29, 0.717) is 5.75 Å². The fraction of sp³-hybridized carbons (Fsp3) is 0.300. The third-order valence-corrected chi connectivity index (χ3v) is 3.66. The van der Waals surface area contributed by atoms with Crippen molar-refractivity contribution in [2.24, 2.45) is 0 Å². The molecule has 28 heavy (non-hydrogen) atoms. The van der Waals surface area contributed by atoms with Crippen molar-refractivity contribution in [2.75, 3.05) is 5.32 Å². The van der Waals surface area contributed by atoms with Gasteiger partial charge in [-0.2, -0.15) is 8.78 Å². The number of aryl methyl sites for hydroxylation is 1. The van der Waals surface area contributed by atoms with E-state index in [0.717, 1.165) is 5.56 Å². The van der Waals surface area contributed by atoms with Crippen LogP contribution in [0, 0.1) is 6.92 Å². The minimum absolute atomic E-state index is 0.0414. The van der Waals surface area contributed by atoms with Gasteiger partial charge in [0.15, 0.2) is 12.2 Å². The van der Waals surface area contributed by atoms with Gasteiger partial charge >= 0.3 is 12.6 Å². The van der Waals surface area contributed by atoms with Crippen LogP contribution in [0.1, 0.15) is 19.4 Å². The molecule has 0 fully saturated rings. The Kier molecular flexibility index (Phi) is 7.31. The molecule has 0 aromatic heterocycles. The van der Waals surface area contributed by atoms with Crippen molar-refractivity contribution in [2.45, 2.75) is 39.6 Å². The summed E-state index contributed by atoms with van der Waals surface area (Å²) in [5.41, 5.74) is 1.01. The zero-order valence-corrected chi connectivity index (χ0v) is 15.6. The Hall–Kier alpha value is -3.16. The van der Waals surface area contributed by atoms with E-state index in [1.54, 1.807) is 24.3 Å². The Morgan fingerprint density at radius 2 is 1.68 bits per heavy atom. The first-order chi connectivity index (χ1) is 13.3. The Balaban J connectivity index is 1.93. The first-order valence-corrected chi connectivity index (χ1v) is 8.54. The van der Waals surface area contributed by atoms with E-state index in [1.807, 2.05) is 13.0 Å². The fourth-order valence-electron chi connectivity index (χ4n) is 2.27. The van der Waals surface area contributed by atoms with Crippen LogP contribution in [0.4, 0.5) is 14.5 Å². The Morgan fingerprint density at radius 1 is 0.964 bits per heavy atom. The van der Waals surface area contributed by atoms with Crippen LogP contribution in [0.5, 0.6) is 11.5 Å². The van der Waals surface area contributed by atoms with Gasteiger partial charge in [0.05, 0.1) is 5.69 Å². The Bertz CT molecular complexity index is 828. The summed E-state index contributed by atoms with van der Waals surface area (Å²) >= 11 is 0. The second-order valence-electron chi connectivity index (χ2n) is 6.02. The molecule has 2 atom stereocenters. The molecule has 0 unspecified atom stereocenters. The van der Waals surface area contributed by atoms with Crippen molar-refractivity contribution in [1.29, 1.82) is 0 Å². The largest absolute Gasteiger partial charge is 0.479 e. The van der Waals surface area contributed by atoms with Crippen molar-refractivity contribution in [3.8, 4) is 11.5 Å². The molecule has 0 radical (unpaired) electrons. The van der Waals surface area contributed by atoms with Crippen LogP contribution < -0.4 is 14.8 Å². The fourth-order valence-corrected chi connectivity index (χ4v) is 2.27. The number of hydrogen-bond donors (Lipinski definition) is 1. The predicted octanol–water partition coefficient (Wildman–Crippen LogP) is 3.93. The molecule has 0 heterocycles. The molecule has 8 heteroatoms. The van der Waals surface area contributed by atoms with Crippen LogP contribution in [-0.2, 0) is 14.3 Å². The number of hydrogen-bond acceptors (Lipinski definition) is 5. The van der Waals surface area contributed by atoms with Gasteiger partial charge in [-0.25, -0.2) is 4.79 Å². The van der Waals surface area contributed by atoms with Gasteiger partial charge in [-0.15, -0.1) is 0 Å². The number of para-hydroxylation sites is 2. The highest BCUT2D eigenvalue weighted by Gasteiger charge is 2.24. The average Bonchev–Trinajstić information content (AvgIpc) is 2.62. The maximum Gasteiger partial charge on any atom is 0.387 e. The second-order valence-corrected chi connectivity index (χ2v) is 6.02. The summed E-state index contributed by atoms with van der Waals surface area (Å²) in [4.78, 5) is 24.4. The first-order valence-electron chi connectivity index (χ1n) is 8.54. The molecule has 0 aliphatic carbocycles. The molecule has 0 saturated carbocycles. The highest BCUT2D eigenvalue weighted by atomic mass is 19.3. The molecule has 1 amide bonds. The predicted molar refractivity (Wildman–Crippen MR) is 98.5 cm³/mol. The minimum Gasteiger partial charge on any atom is -0.479 e. The van der Waals surface area contributed by atoms with Gasteiger partial charge in [0.2, 0.25) is 0 Å². The zero-order valence-electron chi connectivity index (χ0n) is 15.6. The highest BCUT2D eigenvalue weighted by molar-refractivity contribution is 5.96. The standard InChI is InChI=1S/C20H21F2NO5/c1-12-7-6-8-15(11-12)26-14(3)19(25)27-13(2)18(24)23-16-9-4-5-10-17(16)28-20(21)22/h4-11,13-14,20H,1-3H3,(H,23,24)/t13-,14+/m0/s1. The molecule has 0 bridgehead atoms. The molecule has 0 aliphatic heterocycles. The van der Waals surface area contributed by atoms with E-state index in [2.05, 4.69) is 10.1 Å². The summed E-state index contributed by atoms with van der Waals surface area (Å²) in [7, 11) is 0. The number of carbonyl (C=O) groups is 2. The average molecular weight is 393 g/mol. The van der Waals surface area contributed by atoms with Gasteiger partial charge in [0, 0.05) is 0 Å². The van der Waals surface area contributed by atoms with Crippen LogP contribution in [0.2, 0.25) is 0 Å². The van der Waals surface area contributed by atoms with Crippen molar-refractivity contribution >= 4 is 17.6 Å². The van der Waals surface area contributed by atoms with Crippen molar-refractivity contribution in [3.63, 3.8) is 0 Å². The molecule has 0 aliphatic rings. The van der Waals surface area contributed by atoms with E-state index >= 15 is 0 Å². The quantitative estimate of drug-likeness (QED) is 0.688. The lowest BCUT2D eigenvalue weighted by Crippen LogP contribution is -2.35.